The van der Waals surface area contributed by atoms with E-state index in [-0.39, 0.29) is 24.2 Å². The van der Waals surface area contributed by atoms with Crippen molar-refractivity contribution in [2.75, 3.05) is 6.54 Å². The highest BCUT2D eigenvalue weighted by Crippen LogP contribution is 2.24. The van der Waals surface area contributed by atoms with Crippen LogP contribution in [0.2, 0.25) is 0 Å². The second kappa shape index (κ2) is 9.08. The zero-order chi connectivity index (χ0) is 18.1. The molecule has 0 aliphatic rings. The van der Waals surface area contributed by atoms with Crippen LogP contribution in [0.25, 0.3) is 10.4 Å². The lowest BCUT2D eigenvalue weighted by molar-refractivity contribution is -0.385. The molecule has 0 heterocycles. The number of unbranched alkanes of at least 4 members (excludes halogenated alkanes) is 1. The first-order valence-corrected chi connectivity index (χ1v) is 6.97. The topological polar surface area (TPSA) is 184 Å². The number of azide groups is 1. The maximum Gasteiger partial charge on any atom is 0.320 e. The molecule has 1 rings (SSSR count). The number of aliphatic carboxylic acids is 1. The first kappa shape index (κ1) is 18.9. The van der Waals surface area contributed by atoms with Gasteiger partial charge in [0.05, 0.1) is 4.92 Å². The van der Waals surface area contributed by atoms with Crippen molar-refractivity contribution in [2.24, 2.45) is 10.8 Å². The number of hydrogen-bond acceptors (Lipinski definition) is 6. The average molecular weight is 336 g/mol. The Balaban J connectivity index is 2.66. The summed E-state index contributed by atoms with van der Waals surface area (Å²) in [5.41, 5.74) is 13.2. The summed E-state index contributed by atoms with van der Waals surface area (Å²) in [4.78, 5) is 35.4. The Morgan fingerprint density at radius 2 is 2.17 bits per heavy atom. The summed E-state index contributed by atoms with van der Waals surface area (Å²) in [5.74, 6) is -1.77. The van der Waals surface area contributed by atoms with Crippen LogP contribution in [0.3, 0.4) is 0 Å². The van der Waals surface area contributed by atoms with E-state index in [0.29, 0.717) is 12.8 Å². The number of carboxylic acids is 1. The SMILES string of the molecule is [N-]=[N+]=Nc1ccc([N+](=O)[O-])c(C(=O)NCCCC[C@H](N)C(=O)O)c1. The summed E-state index contributed by atoms with van der Waals surface area (Å²) in [7, 11) is 0. The number of nitrogens with one attached hydrogen (secondary N) is 1. The number of nitrogens with zero attached hydrogens (tertiary/aromatic N) is 4. The zero-order valence-electron chi connectivity index (χ0n) is 12.6. The third kappa shape index (κ3) is 5.55. The number of amides is 1. The lowest BCUT2D eigenvalue weighted by atomic mass is 10.1. The number of nitro benzene ring substituents is 1. The van der Waals surface area contributed by atoms with Crippen molar-refractivity contribution in [1.29, 1.82) is 0 Å². The number of carbonyl (C=O) groups excluding carboxylic acids is 1. The molecule has 0 radical (unpaired) electrons. The standard InChI is InChI=1S/C13H16N6O5/c14-10(13(21)22)3-1-2-6-16-12(20)9-7-8(17-18-15)4-5-11(9)19(23)24/h4-5,7,10H,1-3,6,14H2,(H,16,20)(H,21,22)/t10-/m0/s1. The van der Waals surface area contributed by atoms with E-state index in [1.807, 2.05) is 0 Å². The normalized spacial score (nSPS) is 11.2. The number of nitro groups is 1. The molecule has 11 nitrogen and oxygen atoms in total. The molecule has 0 spiro atoms. The van der Waals surface area contributed by atoms with Gasteiger partial charge in [0.25, 0.3) is 11.6 Å². The van der Waals surface area contributed by atoms with Crippen molar-refractivity contribution in [2.45, 2.75) is 25.3 Å². The van der Waals surface area contributed by atoms with Crippen LogP contribution >= 0.6 is 0 Å². The predicted molar refractivity (Wildman–Crippen MR) is 83.7 cm³/mol. The van der Waals surface area contributed by atoms with Crippen molar-refractivity contribution in [1.82, 2.24) is 5.32 Å². The van der Waals surface area contributed by atoms with Gasteiger partial charge in [-0.15, -0.1) is 0 Å². The molecule has 0 fully saturated rings. The van der Waals surface area contributed by atoms with E-state index in [0.717, 1.165) is 12.1 Å². The molecule has 24 heavy (non-hydrogen) atoms. The third-order valence-electron chi connectivity index (χ3n) is 3.13. The molecule has 0 aromatic heterocycles. The minimum Gasteiger partial charge on any atom is -0.480 e. The van der Waals surface area contributed by atoms with Crippen molar-refractivity contribution < 1.29 is 19.6 Å². The van der Waals surface area contributed by atoms with Crippen molar-refractivity contribution in [3.63, 3.8) is 0 Å². The van der Waals surface area contributed by atoms with Crippen molar-refractivity contribution >= 4 is 23.3 Å². The van der Waals surface area contributed by atoms with E-state index in [1.54, 1.807) is 0 Å². The quantitative estimate of drug-likeness (QED) is 0.154. The van der Waals surface area contributed by atoms with Crippen LogP contribution in [0.1, 0.15) is 29.6 Å². The second-order valence-electron chi connectivity index (χ2n) is 4.84. The molecule has 0 bridgehead atoms. The van der Waals surface area contributed by atoms with Crippen molar-refractivity contribution in [3.8, 4) is 0 Å². The summed E-state index contributed by atoms with van der Waals surface area (Å²) >= 11 is 0. The fourth-order valence-electron chi connectivity index (χ4n) is 1.89. The lowest BCUT2D eigenvalue weighted by Gasteiger charge is -2.08. The molecule has 1 aromatic rings. The van der Waals surface area contributed by atoms with Crippen LogP contribution in [0.15, 0.2) is 23.3 Å². The van der Waals surface area contributed by atoms with Gasteiger partial charge in [0, 0.05) is 23.2 Å². The molecule has 1 amide bonds. The van der Waals surface area contributed by atoms with Gasteiger partial charge in [-0.25, -0.2) is 0 Å². The monoisotopic (exact) mass is 336 g/mol. The molecule has 11 heteroatoms. The fourth-order valence-corrected chi connectivity index (χ4v) is 1.89. The molecule has 0 saturated heterocycles. The Morgan fingerprint density at radius 3 is 2.75 bits per heavy atom. The van der Waals surface area contributed by atoms with Gasteiger partial charge in [0.1, 0.15) is 11.6 Å². The van der Waals surface area contributed by atoms with E-state index in [2.05, 4.69) is 15.3 Å². The van der Waals surface area contributed by atoms with E-state index in [1.165, 1.54) is 6.07 Å². The summed E-state index contributed by atoms with van der Waals surface area (Å²) in [5, 5.41) is 25.4. The van der Waals surface area contributed by atoms with Crippen molar-refractivity contribution in [3.05, 3.63) is 44.3 Å². The van der Waals surface area contributed by atoms with Gasteiger partial charge in [-0.1, -0.05) is 5.11 Å². The van der Waals surface area contributed by atoms with Gasteiger partial charge in [-0.3, -0.25) is 19.7 Å². The van der Waals surface area contributed by atoms with Crippen LogP contribution in [0.4, 0.5) is 11.4 Å². The van der Waals surface area contributed by atoms with Crippen LogP contribution in [-0.2, 0) is 4.79 Å². The molecule has 0 aliphatic carbocycles. The number of hydrogen-bond donors (Lipinski definition) is 3. The number of rotatable bonds is 9. The van der Waals surface area contributed by atoms with E-state index >= 15 is 0 Å². The highest BCUT2D eigenvalue weighted by Gasteiger charge is 2.20. The number of nitrogens with two attached hydrogens (primary N) is 1. The van der Waals surface area contributed by atoms with E-state index in [9.17, 15) is 19.7 Å². The molecule has 0 aliphatic heterocycles. The summed E-state index contributed by atoms with van der Waals surface area (Å²) in [6, 6.07) is 2.50. The molecular weight excluding hydrogens is 320 g/mol. The molecule has 1 atom stereocenters. The third-order valence-corrected chi connectivity index (χ3v) is 3.13. The Bertz CT molecular complexity index is 685. The molecule has 4 N–H and O–H groups in total. The highest BCUT2D eigenvalue weighted by molar-refractivity contribution is 5.98. The minimum absolute atomic E-state index is 0.0840. The van der Waals surface area contributed by atoms with Gasteiger partial charge >= 0.3 is 5.97 Å². The number of carboxylic acid groups (broad SMARTS) is 1. The largest absolute Gasteiger partial charge is 0.480 e. The van der Waals surface area contributed by atoms with Gasteiger partial charge in [0.15, 0.2) is 0 Å². The Hall–Kier alpha value is -3.17. The Labute approximate surface area is 136 Å². The summed E-state index contributed by atoms with van der Waals surface area (Å²) in [6.45, 7) is 0.202. The highest BCUT2D eigenvalue weighted by atomic mass is 16.6. The molecule has 1 aromatic carbocycles. The molecule has 0 unspecified atom stereocenters. The molecule has 0 saturated carbocycles. The minimum atomic E-state index is -1.09. The Kier molecular flexibility index (Phi) is 7.14. The lowest BCUT2D eigenvalue weighted by Crippen LogP contribution is -2.30. The van der Waals surface area contributed by atoms with Gasteiger partial charge in [-0.2, -0.15) is 0 Å². The van der Waals surface area contributed by atoms with Crippen LogP contribution in [0.5, 0.6) is 0 Å². The summed E-state index contributed by atoms with van der Waals surface area (Å²) < 4.78 is 0. The maximum absolute atomic E-state index is 12.1. The average Bonchev–Trinajstić information content (AvgIpc) is 2.54. The second-order valence-corrected chi connectivity index (χ2v) is 4.84. The van der Waals surface area contributed by atoms with Gasteiger partial charge < -0.3 is 16.2 Å². The van der Waals surface area contributed by atoms with E-state index in [4.69, 9.17) is 16.4 Å². The van der Waals surface area contributed by atoms with Crippen LogP contribution in [0, 0.1) is 10.1 Å². The number of benzene rings is 1. The first-order chi connectivity index (χ1) is 11.4. The molecular formula is C13H16N6O5. The fraction of sp³-hybridized carbons (Fsp3) is 0.385. The summed E-state index contributed by atoms with van der Waals surface area (Å²) in [6.07, 6.45) is 1.21. The first-order valence-electron chi connectivity index (χ1n) is 6.97. The van der Waals surface area contributed by atoms with Crippen LogP contribution in [-0.4, -0.2) is 34.5 Å². The van der Waals surface area contributed by atoms with Gasteiger partial charge in [-0.05, 0) is 36.9 Å². The smallest absolute Gasteiger partial charge is 0.320 e. The van der Waals surface area contributed by atoms with Crippen LogP contribution < -0.4 is 11.1 Å². The predicted octanol–water partition coefficient (Wildman–Crippen LogP) is 1.85. The molecule has 128 valence electrons. The maximum atomic E-state index is 12.1. The van der Waals surface area contributed by atoms with E-state index < -0.39 is 28.5 Å². The number of carbonyl (C=O) groups is 2. The Morgan fingerprint density at radius 1 is 1.46 bits per heavy atom. The van der Waals surface area contributed by atoms with Gasteiger partial charge in [0.2, 0.25) is 0 Å². The zero-order valence-corrected chi connectivity index (χ0v) is 12.6.